The van der Waals surface area contributed by atoms with Crippen LogP contribution in [0.25, 0.3) is 0 Å². The van der Waals surface area contributed by atoms with Crippen molar-refractivity contribution in [2.75, 3.05) is 19.7 Å². The molecule has 1 aliphatic heterocycles. The van der Waals surface area contributed by atoms with Gasteiger partial charge in [-0.2, -0.15) is 0 Å². The van der Waals surface area contributed by atoms with Gasteiger partial charge in [-0.05, 0) is 31.6 Å². The van der Waals surface area contributed by atoms with Gasteiger partial charge in [-0.3, -0.25) is 9.59 Å². The van der Waals surface area contributed by atoms with Crippen LogP contribution in [0, 0.1) is 11.3 Å². The number of ether oxygens (including phenoxy) is 1. The molecule has 0 aromatic carbocycles. The van der Waals surface area contributed by atoms with Gasteiger partial charge in [-0.25, -0.2) is 0 Å². The van der Waals surface area contributed by atoms with Crippen LogP contribution in [0.3, 0.4) is 0 Å². The van der Waals surface area contributed by atoms with Crippen LogP contribution in [0.2, 0.25) is 0 Å². The molecule has 5 nitrogen and oxygen atoms in total. The number of rotatable bonds is 5. The molecule has 0 spiro atoms. The van der Waals surface area contributed by atoms with Crippen molar-refractivity contribution in [2.45, 2.75) is 59.4 Å². The van der Waals surface area contributed by atoms with E-state index in [9.17, 15) is 9.59 Å². The molecule has 1 amide bonds. The second kappa shape index (κ2) is 7.78. The molecule has 1 fully saturated rings. The Morgan fingerprint density at radius 2 is 2.05 bits per heavy atom. The molecule has 0 bridgehead atoms. The average molecular weight is 298 g/mol. The summed E-state index contributed by atoms with van der Waals surface area (Å²) in [4.78, 5) is 25.9. The molecule has 0 aromatic rings. The highest BCUT2D eigenvalue weighted by Gasteiger charge is 2.30. The van der Waals surface area contributed by atoms with E-state index in [1.54, 1.807) is 11.8 Å². The van der Waals surface area contributed by atoms with Crippen molar-refractivity contribution < 1.29 is 14.3 Å². The van der Waals surface area contributed by atoms with Crippen LogP contribution in [-0.2, 0) is 14.3 Å². The summed E-state index contributed by atoms with van der Waals surface area (Å²) in [5.74, 6) is -0.309. The summed E-state index contributed by atoms with van der Waals surface area (Å²) >= 11 is 0. The van der Waals surface area contributed by atoms with Crippen LogP contribution >= 0.6 is 0 Å². The van der Waals surface area contributed by atoms with Gasteiger partial charge in [0.15, 0.2) is 0 Å². The zero-order valence-electron chi connectivity index (χ0n) is 13.9. The van der Waals surface area contributed by atoms with Crippen LogP contribution in [0.5, 0.6) is 0 Å². The van der Waals surface area contributed by atoms with Crippen LogP contribution in [-0.4, -0.2) is 42.5 Å². The zero-order chi connectivity index (χ0) is 16.0. The number of hydrogen-bond acceptors (Lipinski definition) is 4. The Hall–Kier alpha value is -1.10. The molecule has 2 unspecified atom stereocenters. The molecule has 1 aliphatic rings. The SMILES string of the molecule is CCOC(=O)C1CCCN(C(=O)CC(N)CC(C)(C)C)C1. The number of likely N-dealkylation sites (tertiary alicyclic amines) is 1. The van der Waals surface area contributed by atoms with Crippen LogP contribution in [0.15, 0.2) is 0 Å². The molecule has 2 atom stereocenters. The highest BCUT2D eigenvalue weighted by molar-refractivity contribution is 5.79. The predicted octanol–water partition coefficient (Wildman–Crippen LogP) is 1.94. The second-order valence-electron chi connectivity index (χ2n) is 7.16. The summed E-state index contributed by atoms with van der Waals surface area (Å²) < 4.78 is 5.05. The van der Waals surface area contributed by atoms with E-state index in [1.807, 2.05) is 0 Å². The summed E-state index contributed by atoms with van der Waals surface area (Å²) in [6, 6.07) is -0.125. The molecule has 1 rings (SSSR count). The van der Waals surface area contributed by atoms with Gasteiger partial charge in [-0.15, -0.1) is 0 Å². The first kappa shape index (κ1) is 18.0. The minimum atomic E-state index is -0.186. The molecule has 1 heterocycles. The van der Waals surface area contributed by atoms with Gasteiger partial charge in [0, 0.05) is 25.6 Å². The lowest BCUT2D eigenvalue weighted by molar-refractivity contribution is -0.151. The number of piperidine rings is 1. The average Bonchev–Trinajstić information content (AvgIpc) is 2.36. The normalized spacial score (nSPS) is 21.0. The van der Waals surface area contributed by atoms with Gasteiger partial charge in [-0.1, -0.05) is 20.8 Å². The van der Waals surface area contributed by atoms with Gasteiger partial charge >= 0.3 is 5.97 Å². The van der Waals surface area contributed by atoms with Crippen molar-refractivity contribution >= 4 is 11.9 Å². The van der Waals surface area contributed by atoms with Crippen LogP contribution in [0.1, 0.15) is 53.4 Å². The van der Waals surface area contributed by atoms with Crippen molar-refractivity contribution in [3.05, 3.63) is 0 Å². The van der Waals surface area contributed by atoms with Crippen LogP contribution < -0.4 is 5.73 Å². The van der Waals surface area contributed by atoms with E-state index in [1.165, 1.54) is 0 Å². The Morgan fingerprint density at radius 1 is 1.38 bits per heavy atom. The van der Waals surface area contributed by atoms with Crippen molar-refractivity contribution in [3.8, 4) is 0 Å². The molecule has 21 heavy (non-hydrogen) atoms. The first-order valence-electron chi connectivity index (χ1n) is 7.93. The molecule has 0 aliphatic carbocycles. The van der Waals surface area contributed by atoms with E-state index in [4.69, 9.17) is 10.5 Å². The third-order valence-corrected chi connectivity index (χ3v) is 3.71. The minimum Gasteiger partial charge on any atom is -0.466 e. The molecule has 1 saturated heterocycles. The molecule has 0 saturated carbocycles. The Labute approximate surface area is 128 Å². The Balaban J connectivity index is 2.48. The Morgan fingerprint density at radius 3 is 2.62 bits per heavy atom. The molecule has 0 radical (unpaired) electrons. The third-order valence-electron chi connectivity index (χ3n) is 3.71. The van der Waals surface area contributed by atoms with E-state index in [-0.39, 0.29) is 29.3 Å². The van der Waals surface area contributed by atoms with Crippen molar-refractivity contribution in [1.82, 2.24) is 4.90 Å². The number of carbonyl (C=O) groups excluding carboxylic acids is 2. The molecular formula is C16H30N2O3. The molecule has 0 aromatic heterocycles. The lowest BCUT2D eigenvalue weighted by atomic mass is 9.87. The predicted molar refractivity (Wildman–Crippen MR) is 82.6 cm³/mol. The fourth-order valence-electron chi connectivity index (χ4n) is 2.87. The summed E-state index contributed by atoms with van der Waals surface area (Å²) in [6.07, 6.45) is 2.82. The molecule has 5 heteroatoms. The van der Waals surface area contributed by atoms with E-state index < -0.39 is 0 Å². The molecule has 2 N–H and O–H groups in total. The molecular weight excluding hydrogens is 268 g/mol. The monoisotopic (exact) mass is 298 g/mol. The second-order valence-corrected chi connectivity index (χ2v) is 7.16. The summed E-state index contributed by atoms with van der Waals surface area (Å²) in [5, 5.41) is 0. The minimum absolute atomic E-state index is 0.0562. The number of esters is 1. The highest BCUT2D eigenvalue weighted by Crippen LogP contribution is 2.23. The Kier molecular flexibility index (Phi) is 6.65. The maximum absolute atomic E-state index is 12.3. The fourth-order valence-corrected chi connectivity index (χ4v) is 2.87. The van der Waals surface area contributed by atoms with E-state index in [0.29, 0.717) is 19.6 Å². The number of amides is 1. The summed E-state index contributed by atoms with van der Waals surface area (Å²) in [5.41, 5.74) is 6.19. The van der Waals surface area contributed by atoms with Gasteiger partial charge in [0.2, 0.25) is 5.91 Å². The van der Waals surface area contributed by atoms with Gasteiger partial charge in [0.25, 0.3) is 0 Å². The maximum atomic E-state index is 12.3. The molecule has 122 valence electrons. The summed E-state index contributed by atoms with van der Waals surface area (Å²) in [6.45, 7) is 9.74. The Bertz CT molecular complexity index is 363. The summed E-state index contributed by atoms with van der Waals surface area (Å²) in [7, 11) is 0. The largest absolute Gasteiger partial charge is 0.466 e. The highest BCUT2D eigenvalue weighted by atomic mass is 16.5. The van der Waals surface area contributed by atoms with E-state index in [0.717, 1.165) is 25.8 Å². The van der Waals surface area contributed by atoms with Crippen LogP contribution in [0.4, 0.5) is 0 Å². The number of carbonyl (C=O) groups is 2. The van der Waals surface area contributed by atoms with Crippen molar-refractivity contribution in [2.24, 2.45) is 17.1 Å². The topological polar surface area (TPSA) is 72.6 Å². The van der Waals surface area contributed by atoms with Gasteiger partial charge in [0.1, 0.15) is 0 Å². The van der Waals surface area contributed by atoms with Crippen molar-refractivity contribution in [1.29, 1.82) is 0 Å². The number of nitrogens with zero attached hydrogens (tertiary/aromatic N) is 1. The van der Waals surface area contributed by atoms with Crippen molar-refractivity contribution in [3.63, 3.8) is 0 Å². The lowest BCUT2D eigenvalue weighted by Crippen LogP contribution is -2.44. The lowest BCUT2D eigenvalue weighted by Gasteiger charge is -2.32. The standard InChI is InChI=1S/C16H30N2O3/c1-5-21-15(20)12-7-6-8-18(11-12)14(19)9-13(17)10-16(2,3)4/h12-13H,5-11,17H2,1-4H3. The zero-order valence-corrected chi connectivity index (χ0v) is 13.9. The number of hydrogen-bond donors (Lipinski definition) is 1. The van der Waals surface area contributed by atoms with Gasteiger partial charge < -0.3 is 15.4 Å². The van der Waals surface area contributed by atoms with E-state index >= 15 is 0 Å². The maximum Gasteiger partial charge on any atom is 0.310 e. The number of nitrogens with two attached hydrogens (primary N) is 1. The third kappa shape index (κ3) is 6.46. The fraction of sp³-hybridized carbons (Fsp3) is 0.875. The van der Waals surface area contributed by atoms with E-state index in [2.05, 4.69) is 20.8 Å². The first-order chi connectivity index (χ1) is 9.73. The quantitative estimate of drug-likeness (QED) is 0.787. The first-order valence-corrected chi connectivity index (χ1v) is 7.93. The smallest absolute Gasteiger partial charge is 0.310 e. The van der Waals surface area contributed by atoms with Gasteiger partial charge in [0.05, 0.1) is 12.5 Å².